The van der Waals surface area contributed by atoms with Crippen LogP contribution in [0.2, 0.25) is 0 Å². The number of hydrogen-bond acceptors (Lipinski definition) is 3. The molecule has 2 aliphatic heterocycles. The summed E-state index contributed by atoms with van der Waals surface area (Å²) >= 11 is 0. The van der Waals surface area contributed by atoms with E-state index < -0.39 is 0 Å². The molecule has 2 unspecified atom stereocenters. The first-order chi connectivity index (χ1) is 9.26. The van der Waals surface area contributed by atoms with Crippen molar-refractivity contribution in [1.29, 1.82) is 0 Å². The number of rotatable bonds is 6. The van der Waals surface area contributed by atoms with Crippen molar-refractivity contribution in [3.8, 4) is 0 Å². The highest BCUT2D eigenvalue weighted by Gasteiger charge is 2.36. The van der Waals surface area contributed by atoms with Crippen molar-refractivity contribution in [2.75, 3.05) is 26.2 Å². The molecule has 0 bridgehead atoms. The van der Waals surface area contributed by atoms with E-state index in [1.807, 2.05) is 0 Å². The summed E-state index contributed by atoms with van der Waals surface area (Å²) in [5, 5.41) is 3.49. The molecular weight excluding hydrogens is 238 g/mol. The molecule has 1 amide bonds. The van der Waals surface area contributed by atoms with Gasteiger partial charge in [0.05, 0.1) is 12.2 Å². The Morgan fingerprint density at radius 2 is 1.89 bits per heavy atom. The molecule has 19 heavy (non-hydrogen) atoms. The molecule has 2 saturated heterocycles. The third kappa shape index (κ3) is 3.69. The van der Waals surface area contributed by atoms with E-state index in [0.29, 0.717) is 5.91 Å². The third-order valence-electron chi connectivity index (χ3n) is 4.42. The van der Waals surface area contributed by atoms with Crippen molar-refractivity contribution in [2.45, 2.75) is 64.6 Å². The normalized spacial score (nSPS) is 29.2. The minimum absolute atomic E-state index is 0.0660. The van der Waals surface area contributed by atoms with Crippen LogP contribution in [0.4, 0.5) is 0 Å². The first kappa shape index (κ1) is 14.8. The fraction of sp³-hybridized carbons (Fsp3) is 0.933. The smallest absolute Gasteiger partial charge is 0.241 e. The largest absolute Gasteiger partial charge is 0.325 e. The lowest BCUT2D eigenvalue weighted by atomic mass is 10.1. The van der Waals surface area contributed by atoms with Crippen LogP contribution >= 0.6 is 0 Å². The SMILES string of the molecule is CCCC1NC(CC)N(CCN2CCCCC2)C1=O. The number of nitrogens with one attached hydrogen (secondary N) is 1. The van der Waals surface area contributed by atoms with Gasteiger partial charge in [0.2, 0.25) is 5.91 Å². The molecule has 2 fully saturated rings. The Hall–Kier alpha value is -0.610. The summed E-state index contributed by atoms with van der Waals surface area (Å²) in [6.07, 6.45) is 7.32. The highest BCUT2D eigenvalue weighted by molar-refractivity contribution is 5.84. The van der Waals surface area contributed by atoms with Gasteiger partial charge in [0.15, 0.2) is 0 Å². The summed E-state index contributed by atoms with van der Waals surface area (Å²) in [5.74, 6) is 0.325. The summed E-state index contributed by atoms with van der Waals surface area (Å²) in [4.78, 5) is 17.0. The lowest BCUT2D eigenvalue weighted by Crippen LogP contribution is -2.43. The van der Waals surface area contributed by atoms with Crippen LogP contribution < -0.4 is 5.32 Å². The van der Waals surface area contributed by atoms with Crippen LogP contribution in [0.1, 0.15) is 52.4 Å². The lowest BCUT2D eigenvalue weighted by Gasteiger charge is -2.30. The van der Waals surface area contributed by atoms with Gasteiger partial charge in [0.1, 0.15) is 0 Å². The van der Waals surface area contributed by atoms with Crippen LogP contribution in [0, 0.1) is 0 Å². The molecule has 4 heteroatoms. The van der Waals surface area contributed by atoms with E-state index in [0.717, 1.165) is 32.4 Å². The molecule has 0 radical (unpaired) electrons. The van der Waals surface area contributed by atoms with E-state index in [2.05, 4.69) is 29.0 Å². The van der Waals surface area contributed by atoms with Crippen LogP contribution in [-0.2, 0) is 4.79 Å². The Balaban J connectivity index is 1.84. The number of likely N-dealkylation sites (tertiary alicyclic amines) is 1. The quantitative estimate of drug-likeness (QED) is 0.797. The molecule has 0 aromatic heterocycles. The van der Waals surface area contributed by atoms with Gasteiger partial charge in [-0.25, -0.2) is 0 Å². The van der Waals surface area contributed by atoms with Crippen LogP contribution in [0.25, 0.3) is 0 Å². The van der Waals surface area contributed by atoms with Crippen LogP contribution in [0.3, 0.4) is 0 Å². The molecule has 4 nitrogen and oxygen atoms in total. The average Bonchev–Trinajstić information content (AvgIpc) is 2.74. The van der Waals surface area contributed by atoms with Crippen molar-refractivity contribution < 1.29 is 4.79 Å². The fourth-order valence-corrected chi connectivity index (χ4v) is 3.28. The highest BCUT2D eigenvalue weighted by atomic mass is 16.2. The van der Waals surface area contributed by atoms with E-state index >= 15 is 0 Å². The summed E-state index contributed by atoms with van der Waals surface area (Å²) in [6, 6.07) is 0.0660. The standard InChI is InChI=1S/C15H29N3O/c1-3-8-13-15(19)18(14(4-2)16-13)12-11-17-9-6-5-7-10-17/h13-14,16H,3-12H2,1-2H3. The Kier molecular flexibility index (Phi) is 5.64. The molecule has 0 aromatic rings. The predicted molar refractivity (Wildman–Crippen MR) is 77.9 cm³/mol. The van der Waals surface area contributed by atoms with E-state index in [1.54, 1.807) is 0 Å². The van der Waals surface area contributed by atoms with Gasteiger partial charge in [-0.3, -0.25) is 10.1 Å². The van der Waals surface area contributed by atoms with Crippen molar-refractivity contribution in [3.63, 3.8) is 0 Å². The van der Waals surface area contributed by atoms with E-state index in [-0.39, 0.29) is 12.2 Å². The predicted octanol–water partition coefficient (Wildman–Crippen LogP) is 1.81. The molecule has 2 heterocycles. The van der Waals surface area contributed by atoms with Crippen LogP contribution in [0.5, 0.6) is 0 Å². The zero-order valence-electron chi connectivity index (χ0n) is 12.5. The maximum Gasteiger partial charge on any atom is 0.241 e. The second-order valence-corrected chi connectivity index (χ2v) is 5.87. The van der Waals surface area contributed by atoms with Crippen LogP contribution in [0.15, 0.2) is 0 Å². The Labute approximate surface area is 117 Å². The van der Waals surface area contributed by atoms with Gasteiger partial charge < -0.3 is 9.80 Å². The number of piperidine rings is 1. The summed E-state index contributed by atoms with van der Waals surface area (Å²) < 4.78 is 0. The van der Waals surface area contributed by atoms with Gasteiger partial charge in [-0.15, -0.1) is 0 Å². The average molecular weight is 267 g/mol. The Bertz CT molecular complexity index is 289. The van der Waals surface area contributed by atoms with Gasteiger partial charge in [-0.1, -0.05) is 26.7 Å². The number of nitrogens with zero attached hydrogens (tertiary/aromatic N) is 2. The van der Waals surface area contributed by atoms with Crippen molar-refractivity contribution in [1.82, 2.24) is 15.1 Å². The Morgan fingerprint density at radius 3 is 2.53 bits per heavy atom. The molecule has 2 atom stereocenters. The van der Waals surface area contributed by atoms with E-state index in [9.17, 15) is 4.79 Å². The minimum Gasteiger partial charge on any atom is -0.325 e. The number of amides is 1. The van der Waals surface area contributed by atoms with Gasteiger partial charge in [0, 0.05) is 13.1 Å². The number of carbonyl (C=O) groups is 1. The molecule has 2 rings (SSSR count). The molecule has 1 N–H and O–H groups in total. The summed E-state index contributed by atoms with van der Waals surface area (Å²) in [5.41, 5.74) is 0. The molecule has 110 valence electrons. The van der Waals surface area contributed by atoms with Crippen molar-refractivity contribution in [3.05, 3.63) is 0 Å². The zero-order valence-corrected chi connectivity index (χ0v) is 12.5. The van der Waals surface area contributed by atoms with Crippen LogP contribution in [-0.4, -0.2) is 54.1 Å². The molecule has 2 aliphatic rings. The molecule has 0 saturated carbocycles. The zero-order chi connectivity index (χ0) is 13.7. The second kappa shape index (κ2) is 7.25. The third-order valence-corrected chi connectivity index (χ3v) is 4.42. The topological polar surface area (TPSA) is 35.6 Å². The maximum absolute atomic E-state index is 12.4. The molecule has 0 aliphatic carbocycles. The van der Waals surface area contributed by atoms with E-state index in [4.69, 9.17) is 0 Å². The molecule has 0 spiro atoms. The monoisotopic (exact) mass is 267 g/mol. The Morgan fingerprint density at radius 1 is 1.16 bits per heavy atom. The lowest BCUT2D eigenvalue weighted by molar-refractivity contribution is -0.130. The summed E-state index contributed by atoms with van der Waals surface area (Å²) in [6.45, 7) is 8.67. The molecular formula is C15H29N3O. The summed E-state index contributed by atoms with van der Waals surface area (Å²) in [7, 11) is 0. The highest BCUT2D eigenvalue weighted by Crippen LogP contribution is 2.17. The van der Waals surface area contributed by atoms with Gasteiger partial charge in [-0.2, -0.15) is 0 Å². The number of carbonyl (C=O) groups excluding carboxylic acids is 1. The first-order valence-electron chi connectivity index (χ1n) is 8.05. The second-order valence-electron chi connectivity index (χ2n) is 5.87. The minimum atomic E-state index is 0.0660. The van der Waals surface area contributed by atoms with Crippen molar-refractivity contribution >= 4 is 5.91 Å². The fourth-order valence-electron chi connectivity index (χ4n) is 3.28. The van der Waals surface area contributed by atoms with Gasteiger partial charge in [0.25, 0.3) is 0 Å². The van der Waals surface area contributed by atoms with Gasteiger partial charge >= 0.3 is 0 Å². The van der Waals surface area contributed by atoms with Crippen molar-refractivity contribution in [2.24, 2.45) is 0 Å². The first-order valence-corrected chi connectivity index (χ1v) is 8.05. The number of hydrogen-bond donors (Lipinski definition) is 1. The maximum atomic E-state index is 12.4. The molecule has 0 aromatic carbocycles. The van der Waals surface area contributed by atoms with Gasteiger partial charge in [-0.05, 0) is 38.8 Å². The van der Waals surface area contributed by atoms with E-state index in [1.165, 1.54) is 32.4 Å².